The first kappa shape index (κ1) is 27.5. The van der Waals surface area contributed by atoms with Gasteiger partial charge in [-0.2, -0.15) is 0 Å². The minimum Gasteiger partial charge on any atom is -0.478 e. The summed E-state index contributed by atoms with van der Waals surface area (Å²) in [6, 6.07) is 15.2. The molecule has 1 aliphatic carbocycles. The first-order valence-corrected chi connectivity index (χ1v) is 13.4. The van der Waals surface area contributed by atoms with Gasteiger partial charge in [-0.25, -0.2) is 18.6 Å². The molecule has 1 aromatic heterocycles. The smallest absolute Gasteiger partial charge is 0.335 e. The number of ether oxygens (including phenoxy) is 1. The highest BCUT2D eigenvalue weighted by Crippen LogP contribution is 2.40. The topological polar surface area (TPSA) is 93.5 Å². The number of nitrogens with zero attached hydrogens (tertiary/aromatic N) is 2. The average Bonchev–Trinajstić information content (AvgIpc) is 3.28. The second kappa shape index (κ2) is 11.6. The van der Waals surface area contributed by atoms with E-state index < -0.39 is 29.7 Å². The van der Waals surface area contributed by atoms with Gasteiger partial charge in [0.05, 0.1) is 16.6 Å². The van der Waals surface area contributed by atoms with E-state index in [1.54, 1.807) is 17.6 Å². The number of aromatic nitrogens is 2. The van der Waals surface area contributed by atoms with Gasteiger partial charge in [0.1, 0.15) is 18.0 Å². The second-order valence-corrected chi connectivity index (χ2v) is 10.3. The molecule has 1 unspecified atom stereocenters. The number of rotatable bonds is 8. The lowest BCUT2D eigenvalue weighted by Gasteiger charge is -2.33. The SMILES string of the molecule is CO[C@@H](c1ccccc1)c1nc2cc(F)c(F)cc2n1C(C(=O)Nc1ccc(C(=O)O)cc1C)C1CCCCC1. The van der Waals surface area contributed by atoms with Crippen LogP contribution in [-0.2, 0) is 9.53 Å². The van der Waals surface area contributed by atoms with Gasteiger partial charge in [-0.3, -0.25) is 4.79 Å². The van der Waals surface area contributed by atoms with Crippen molar-refractivity contribution in [2.45, 2.75) is 51.2 Å². The lowest BCUT2D eigenvalue weighted by Crippen LogP contribution is -2.35. The number of carbonyl (C=O) groups excluding carboxylic acids is 1. The van der Waals surface area contributed by atoms with E-state index in [1.165, 1.54) is 19.2 Å². The number of fused-ring (bicyclic) bond motifs is 1. The Morgan fingerprint density at radius 3 is 2.38 bits per heavy atom. The van der Waals surface area contributed by atoms with Gasteiger partial charge in [0.15, 0.2) is 11.6 Å². The summed E-state index contributed by atoms with van der Waals surface area (Å²) in [5.41, 5.74) is 2.50. The number of amides is 1. The van der Waals surface area contributed by atoms with Gasteiger partial charge in [-0.05, 0) is 55.0 Å². The van der Waals surface area contributed by atoms with Crippen LogP contribution in [0.15, 0.2) is 60.7 Å². The number of hydrogen-bond acceptors (Lipinski definition) is 4. The normalized spacial score (nSPS) is 15.6. The Bertz CT molecular complexity index is 1550. The Balaban J connectivity index is 1.68. The zero-order valence-electron chi connectivity index (χ0n) is 22.4. The molecule has 1 aliphatic rings. The molecule has 0 saturated heterocycles. The molecule has 2 N–H and O–H groups in total. The molecule has 2 atom stereocenters. The van der Waals surface area contributed by atoms with Crippen molar-refractivity contribution in [1.29, 1.82) is 0 Å². The van der Waals surface area contributed by atoms with Crippen LogP contribution in [0.5, 0.6) is 0 Å². The Morgan fingerprint density at radius 2 is 1.73 bits per heavy atom. The molecule has 9 heteroatoms. The lowest BCUT2D eigenvalue weighted by atomic mass is 9.83. The van der Waals surface area contributed by atoms with Crippen molar-refractivity contribution in [2.24, 2.45) is 5.92 Å². The molecule has 0 bridgehead atoms. The van der Waals surface area contributed by atoms with Crippen LogP contribution in [0.1, 0.15) is 71.6 Å². The second-order valence-electron chi connectivity index (χ2n) is 10.3. The number of halogens is 2. The van der Waals surface area contributed by atoms with Crippen molar-refractivity contribution in [1.82, 2.24) is 9.55 Å². The fourth-order valence-electron chi connectivity index (χ4n) is 5.74. The van der Waals surface area contributed by atoms with Crippen molar-refractivity contribution in [3.63, 3.8) is 0 Å². The molecular formula is C31H31F2N3O4. The monoisotopic (exact) mass is 547 g/mol. The zero-order valence-corrected chi connectivity index (χ0v) is 22.4. The molecule has 1 amide bonds. The largest absolute Gasteiger partial charge is 0.478 e. The summed E-state index contributed by atoms with van der Waals surface area (Å²) in [6.45, 7) is 1.73. The van der Waals surface area contributed by atoms with Gasteiger partial charge in [0.2, 0.25) is 5.91 Å². The van der Waals surface area contributed by atoms with E-state index >= 15 is 0 Å². The van der Waals surface area contributed by atoms with Crippen LogP contribution < -0.4 is 5.32 Å². The first-order chi connectivity index (χ1) is 19.3. The number of benzene rings is 3. The maximum Gasteiger partial charge on any atom is 0.335 e. The van der Waals surface area contributed by atoms with Gasteiger partial charge >= 0.3 is 5.97 Å². The summed E-state index contributed by atoms with van der Waals surface area (Å²) in [6.07, 6.45) is 3.80. The molecule has 0 spiro atoms. The summed E-state index contributed by atoms with van der Waals surface area (Å²) < 4.78 is 36.6. The zero-order chi connectivity index (χ0) is 28.4. The van der Waals surface area contributed by atoms with E-state index in [-0.39, 0.29) is 22.9 Å². The Morgan fingerprint density at radius 1 is 1.02 bits per heavy atom. The van der Waals surface area contributed by atoms with E-state index in [0.29, 0.717) is 22.6 Å². The number of imidazole rings is 1. The third-order valence-corrected chi connectivity index (χ3v) is 7.71. The Labute approximate surface area is 230 Å². The summed E-state index contributed by atoms with van der Waals surface area (Å²) in [7, 11) is 1.53. The summed E-state index contributed by atoms with van der Waals surface area (Å²) in [4.78, 5) is 30.3. The maximum absolute atomic E-state index is 14.7. The fraction of sp³-hybridized carbons (Fsp3) is 0.323. The van der Waals surface area contributed by atoms with Crippen LogP contribution in [-0.4, -0.2) is 33.6 Å². The molecular weight excluding hydrogens is 516 g/mol. The molecule has 0 radical (unpaired) electrons. The van der Waals surface area contributed by atoms with Crippen molar-refractivity contribution >= 4 is 28.6 Å². The fourth-order valence-corrected chi connectivity index (χ4v) is 5.74. The number of carbonyl (C=O) groups is 2. The number of carboxylic acid groups (broad SMARTS) is 1. The van der Waals surface area contributed by atoms with Crippen LogP contribution in [0.3, 0.4) is 0 Å². The molecule has 4 aromatic rings. The number of hydrogen-bond donors (Lipinski definition) is 2. The molecule has 7 nitrogen and oxygen atoms in total. The minimum atomic E-state index is -1.06. The number of aromatic carboxylic acids is 1. The van der Waals surface area contributed by atoms with E-state index in [1.807, 2.05) is 30.3 Å². The van der Waals surface area contributed by atoms with Crippen LogP contribution in [0.25, 0.3) is 11.0 Å². The Hall–Kier alpha value is -4.11. The predicted octanol–water partition coefficient (Wildman–Crippen LogP) is 6.82. The van der Waals surface area contributed by atoms with Crippen molar-refractivity contribution in [3.05, 3.63) is 94.8 Å². The molecule has 40 heavy (non-hydrogen) atoms. The van der Waals surface area contributed by atoms with E-state index in [0.717, 1.165) is 49.8 Å². The third-order valence-electron chi connectivity index (χ3n) is 7.71. The first-order valence-electron chi connectivity index (χ1n) is 13.4. The highest BCUT2D eigenvalue weighted by atomic mass is 19.2. The molecule has 0 aliphatic heterocycles. The molecule has 5 rings (SSSR count). The van der Waals surface area contributed by atoms with E-state index in [2.05, 4.69) is 5.32 Å². The summed E-state index contributed by atoms with van der Waals surface area (Å²) >= 11 is 0. The molecule has 1 heterocycles. The Kier molecular flexibility index (Phi) is 7.93. The number of carboxylic acids is 1. The number of anilines is 1. The van der Waals surface area contributed by atoms with Crippen molar-refractivity contribution < 1.29 is 28.2 Å². The summed E-state index contributed by atoms with van der Waals surface area (Å²) in [5.74, 6) is -3.17. The highest BCUT2D eigenvalue weighted by molar-refractivity contribution is 5.97. The van der Waals surface area contributed by atoms with Gasteiger partial charge in [-0.1, -0.05) is 49.6 Å². The molecule has 3 aromatic carbocycles. The average molecular weight is 548 g/mol. The highest BCUT2D eigenvalue weighted by Gasteiger charge is 2.36. The predicted molar refractivity (Wildman–Crippen MR) is 147 cm³/mol. The van der Waals surface area contributed by atoms with Gasteiger partial charge < -0.3 is 19.7 Å². The van der Waals surface area contributed by atoms with E-state index in [9.17, 15) is 23.5 Å². The molecule has 208 valence electrons. The number of methoxy groups -OCH3 is 1. The number of nitrogens with one attached hydrogen (secondary N) is 1. The summed E-state index contributed by atoms with van der Waals surface area (Å²) in [5, 5.41) is 12.3. The third kappa shape index (κ3) is 5.34. The minimum absolute atomic E-state index is 0.0927. The lowest BCUT2D eigenvalue weighted by molar-refractivity contribution is -0.121. The van der Waals surface area contributed by atoms with Crippen LogP contribution in [0, 0.1) is 24.5 Å². The van der Waals surface area contributed by atoms with Crippen LogP contribution in [0.2, 0.25) is 0 Å². The molecule has 1 fully saturated rings. The van der Waals surface area contributed by atoms with Crippen LogP contribution >= 0.6 is 0 Å². The van der Waals surface area contributed by atoms with Gasteiger partial charge in [-0.15, -0.1) is 0 Å². The standard InChI is InChI=1S/C31H31F2N3O4/c1-18-15-21(31(38)39)13-14-24(18)35-30(37)27(19-9-5-3-6-10-19)36-26-17-23(33)22(32)16-25(26)34-29(36)28(40-2)20-11-7-4-8-12-20/h4,7-8,11-17,19,27-28H,3,5-6,9-10H2,1-2H3,(H,35,37)(H,38,39)/t27?,28-/m0/s1. The van der Waals surface area contributed by atoms with Crippen molar-refractivity contribution in [2.75, 3.05) is 12.4 Å². The van der Waals surface area contributed by atoms with E-state index in [4.69, 9.17) is 9.72 Å². The van der Waals surface area contributed by atoms with Gasteiger partial charge in [0, 0.05) is 24.9 Å². The number of aryl methyl sites for hydroxylation is 1. The quantitative estimate of drug-likeness (QED) is 0.253. The maximum atomic E-state index is 14.7. The van der Waals surface area contributed by atoms with Crippen molar-refractivity contribution in [3.8, 4) is 0 Å². The van der Waals surface area contributed by atoms with Crippen LogP contribution in [0.4, 0.5) is 14.5 Å². The van der Waals surface area contributed by atoms with Gasteiger partial charge in [0.25, 0.3) is 0 Å². The molecule has 1 saturated carbocycles.